The van der Waals surface area contributed by atoms with Crippen molar-refractivity contribution in [2.24, 2.45) is 7.05 Å². The minimum Gasteiger partial charge on any atom is -0.339 e. The van der Waals surface area contributed by atoms with Gasteiger partial charge >= 0.3 is 11.9 Å². The molecule has 0 radical (unpaired) electrons. The van der Waals surface area contributed by atoms with Crippen molar-refractivity contribution in [3.63, 3.8) is 0 Å². The molecule has 1 aliphatic heterocycles. The van der Waals surface area contributed by atoms with Crippen LogP contribution in [0.1, 0.15) is 12.8 Å². The van der Waals surface area contributed by atoms with Gasteiger partial charge in [-0.05, 0) is 49.2 Å². The molecule has 0 aliphatic carbocycles. The molecule has 1 unspecified atom stereocenters. The van der Waals surface area contributed by atoms with Gasteiger partial charge in [-0.2, -0.15) is 18.2 Å². The molecule has 1 saturated heterocycles. The first-order valence-electron chi connectivity index (χ1n) is 9.57. The molecule has 3 heterocycles. The lowest BCUT2D eigenvalue weighted by molar-refractivity contribution is -0.148. The molecule has 12 heteroatoms. The van der Waals surface area contributed by atoms with Gasteiger partial charge < -0.3 is 5.32 Å². The van der Waals surface area contributed by atoms with E-state index in [1.54, 1.807) is 25.2 Å². The van der Waals surface area contributed by atoms with E-state index in [9.17, 15) is 18.0 Å². The summed E-state index contributed by atoms with van der Waals surface area (Å²) in [5.74, 6) is 0.304. The number of aryl methyl sites for hydroxylation is 1. The predicted octanol–water partition coefficient (Wildman–Crippen LogP) is 4.21. The third-order valence-corrected chi connectivity index (χ3v) is 5.86. The Hall–Kier alpha value is -2.30. The molecular formula is C19H19Cl2F3N6O. The molecule has 166 valence electrons. The number of anilines is 2. The Bertz CT molecular complexity index is 1180. The maximum absolute atomic E-state index is 12.9. The van der Waals surface area contributed by atoms with Gasteiger partial charge in [0.1, 0.15) is 5.02 Å². The first-order valence-corrected chi connectivity index (χ1v) is 10.3. The number of alkyl halides is 3. The van der Waals surface area contributed by atoms with Gasteiger partial charge in [-0.1, -0.05) is 11.6 Å². The lowest BCUT2D eigenvalue weighted by Gasteiger charge is -2.25. The van der Waals surface area contributed by atoms with Crippen LogP contribution < -0.4 is 11.0 Å². The third kappa shape index (κ3) is 4.65. The second-order valence-electron chi connectivity index (χ2n) is 7.50. The van der Waals surface area contributed by atoms with Crippen LogP contribution in [-0.4, -0.2) is 49.3 Å². The first-order chi connectivity index (χ1) is 14.6. The van der Waals surface area contributed by atoms with Gasteiger partial charge in [0.05, 0.1) is 23.8 Å². The third-order valence-electron chi connectivity index (χ3n) is 5.40. The Kier molecular flexibility index (Phi) is 5.89. The van der Waals surface area contributed by atoms with E-state index in [1.165, 1.54) is 20.2 Å². The maximum Gasteiger partial charge on any atom is 0.401 e. The van der Waals surface area contributed by atoms with Crippen molar-refractivity contribution in [2.45, 2.75) is 31.6 Å². The van der Waals surface area contributed by atoms with Gasteiger partial charge in [0.15, 0.2) is 5.82 Å². The first kappa shape index (κ1) is 21.9. The van der Waals surface area contributed by atoms with Crippen molar-refractivity contribution in [1.29, 1.82) is 0 Å². The van der Waals surface area contributed by atoms with Gasteiger partial charge in [-0.15, -0.1) is 0 Å². The highest BCUT2D eigenvalue weighted by molar-refractivity contribution is 6.33. The normalized spacial score (nSPS) is 17.5. The van der Waals surface area contributed by atoms with Crippen LogP contribution in [0.2, 0.25) is 10.3 Å². The van der Waals surface area contributed by atoms with Crippen LogP contribution in [-0.2, 0) is 13.6 Å². The largest absolute Gasteiger partial charge is 0.401 e. The second kappa shape index (κ2) is 8.33. The zero-order chi connectivity index (χ0) is 22.3. The van der Waals surface area contributed by atoms with Crippen molar-refractivity contribution in [3.05, 3.63) is 45.2 Å². The van der Waals surface area contributed by atoms with Gasteiger partial charge in [0, 0.05) is 25.3 Å². The van der Waals surface area contributed by atoms with Crippen molar-refractivity contribution in [3.8, 4) is 0 Å². The summed E-state index contributed by atoms with van der Waals surface area (Å²) in [5, 5.41) is 3.33. The Labute approximate surface area is 185 Å². The van der Waals surface area contributed by atoms with E-state index in [-0.39, 0.29) is 28.6 Å². The van der Waals surface area contributed by atoms with E-state index < -0.39 is 12.7 Å². The monoisotopic (exact) mass is 474 g/mol. The molecule has 1 N–H and O–H groups in total. The number of halogens is 5. The van der Waals surface area contributed by atoms with Crippen LogP contribution in [0, 0.1) is 0 Å². The van der Waals surface area contributed by atoms with Crippen molar-refractivity contribution < 1.29 is 13.2 Å². The van der Waals surface area contributed by atoms with Gasteiger partial charge in [0.2, 0.25) is 5.28 Å². The number of imidazole rings is 1. The number of nitrogens with one attached hydrogen (secondary N) is 1. The number of nitrogens with zero attached hydrogens (tertiary/aromatic N) is 5. The minimum absolute atomic E-state index is 0.0237. The Morgan fingerprint density at radius 3 is 2.77 bits per heavy atom. The fourth-order valence-corrected chi connectivity index (χ4v) is 4.26. The molecule has 0 bridgehead atoms. The van der Waals surface area contributed by atoms with E-state index in [0.717, 1.165) is 0 Å². The highest BCUT2D eigenvalue weighted by Crippen LogP contribution is 2.28. The predicted molar refractivity (Wildman–Crippen MR) is 113 cm³/mol. The zero-order valence-electron chi connectivity index (χ0n) is 16.5. The Balaban J connectivity index is 1.67. The molecule has 0 saturated carbocycles. The number of aromatic nitrogens is 4. The number of fused-ring (bicyclic) bond motifs is 1. The van der Waals surface area contributed by atoms with Crippen LogP contribution in [0.15, 0.2) is 29.2 Å². The fraction of sp³-hybridized carbons (Fsp3) is 0.421. The molecule has 3 aromatic rings. The number of hydrogen-bond donors (Lipinski definition) is 1. The molecule has 1 aliphatic rings. The molecule has 1 fully saturated rings. The molecule has 4 rings (SSSR count). The SMILES string of the molecule is Cn1c(=O)n(CC2CCCN2CC(F)(F)F)c2cc(Nc3nc(Cl)ncc3Cl)ccc21. The topological polar surface area (TPSA) is 68.0 Å². The summed E-state index contributed by atoms with van der Waals surface area (Å²) < 4.78 is 41.8. The van der Waals surface area contributed by atoms with E-state index >= 15 is 0 Å². The van der Waals surface area contributed by atoms with Crippen molar-refractivity contribution >= 4 is 45.7 Å². The van der Waals surface area contributed by atoms with E-state index in [1.807, 2.05) is 0 Å². The summed E-state index contributed by atoms with van der Waals surface area (Å²) in [6, 6.07) is 4.89. The number of likely N-dealkylation sites (tertiary alicyclic amines) is 1. The van der Waals surface area contributed by atoms with E-state index in [2.05, 4.69) is 15.3 Å². The second-order valence-corrected chi connectivity index (χ2v) is 8.24. The van der Waals surface area contributed by atoms with E-state index in [4.69, 9.17) is 23.2 Å². The van der Waals surface area contributed by atoms with Crippen LogP contribution in [0.25, 0.3) is 11.0 Å². The molecule has 31 heavy (non-hydrogen) atoms. The molecule has 1 atom stereocenters. The average molecular weight is 475 g/mol. The zero-order valence-corrected chi connectivity index (χ0v) is 18.0. The van der Waals surface area contributed by atoms with Crippen LogP contribution >= 0.6 is 23.2 Å². The molecule has 0 amide bonds. The average Bonchev–Trinajstić information content (AvgIpc) is 3.21. The smallest absolute Gasteiger partial charge is 0.339 e. The Morgan fingerprint density at radius 2 is 2.03 bits per heavy atom. The highest BCUT2D eigenvalue weighted by Gasteiger charge is 2.36. The highest BCUT2D eigenvalue weighted by atomic mass is 35.5. The molecule has 0 spiro atoms. The summed E-state index contributed by atoms with van der Waals surface area (Å²) >= 11 is 11.9. The Morgan fingerprint density at radius 1 is 1.26 bits per heavy atom. The standard InChI is InChI=1S/C19H19Cl2F3N6O/c1-28-14-5-4-11(26-16-13(20)8-25-17(21)27-16)7-15(14)30(18(28)31)9-12-3-2-6-29(12)10-19(22,23)24/h4-5,7-8,12H,2-3,6,9-10H2,1H3,(H,25,26,27). The summed E-state index contributed by atoms with van der Waals surface area (Å²) in [7, 11) is 1.64. The van der Waals surface area contributed by atoms with E-state index in [0.29, 0.717) is 41.9 Å². The summed E-state index contributed by atoms with van der Waals surface area (Å²) in [6.07, 6.45) is -1.64. The summed E-state index contributed by atoms with van der Waals surface area (Å²) in [5.41, 5.74) is 1.59. The number of benzene rings is 1. The lowest BCUT2D eigenvalue weighted by Crippen LogP contribution is -2.41. The number of hydrogen-bond acceptors (Lipinski definition) is 5. The van der Waals surface area contributed by atoms with Crippen LogP contribution in [0.5, 0.6) is 0 Å². The van der Waals surface area contributed by atoms with Crippen LogP contribution in [0.4, 0.5) is 24.7 Å². The molecule has 1 aromatic carbocycles. The van der Waals surface area contributed by atoms with Gasteiger partial charge in [0.25, 0.3) is 0 Å². The molecular weight excluding hydrogens is 456 g/mol. The van der Waals surface area contributed by atoms with Crippen molar-refractivity contribution in [2.75, 3.05) is 18.4 Å². The summed E-state index contributed by atoms with van der Waals surface area (Å²) in [6.45, 7) is -0.434. The van der Waals surface area contributed by atoms with Crippen LogP contribution in [0.3, 0.4) is 0 Å². The van der Waals surface area contributed by atoms with Crippen molar-refractivity contribution in [1.82, 2.24) is 24.0 Å². The summed E-state index contributed by atoms with van der Waals surface area (Å²) in [4.78, 5) is 22.1. The van der Waals surface area contributed by atoms with Gasteiger partial charge in [-0.25, -0.2) is 9.78 Å². The maximum atomic E-state index is 12.9. The lowest BCUT2D eigenvalue weighted by atomic mass is 10.2. The van der Waals surface area contributed by atoms with Gasteiger partial charge in [-0.3, -0.25) is 14.0 Å². The quantitative estimate of drug-likeness (QED) is 0.561. The number of rotatable bonds is 5. The molecule has 2 aromatic heterocycles. The fourth-order valence-electron chi connectivity index (χ4n) is 3.99. The molecule has 7 nitrogen and oxygen atoms in total. The minimum atomic E-state index is -4.28.